The van der Waals surface area contributed by atoms with Crippen LogP contribution in [0.5, 0.6) is 0 Å². The molecule has 4 aliphatic carbocycles. The first-order valence-corrected chi connectivity index (χ1v) is 31.9. The molecular weight excluding hydrogens is 1130 g/mol. The van der Waals surface area contributed by atoms with Crippen molar-refractivity contribution in [2.24, 2.45) is 28.6 Å². The molecule has 8 aliphatic heterocycles. The zero-order chi connectivity index (χ0) is 60.9. The highest BCUT2D eigenvalue weighted by molar-refractivity contribution is 5.84. The number of carbonyl (C=O) groups is 1. The van der Waals surface area contributed by atoms with E-state index in [1.807, 2.05) is 34.6 Å². The summed E-state index contributed by atoms with van der Waals surface area (Å²) in [5.41, 5.74) is 0.605. The average molecular weight is 1230 g/mol. The summed E-state index contributed by atoms with van der Waals surface area (Å²) in [5, 5.41) is 40.9. The van der Waals surface area contributed by atoms with Crippen LogP contribution < -0.4 is 0 Å². The summed E-state index contributed by atoms with van der Waals surface area (Å²) in [6.07, 6.45) is -5.93. The van der Waals surface area contributed by atoms with Gasteiger partial charge >= 0.3 is 5.97 Å². The number of hydrogen-bond acceptors (Lipinski definition) is 24. The van der Waals surface area contributed by atoms with Gasteiger partial charge in [-0.2, -0.15) is 0 Å². The van der Waals surface area contributed by atoms with Crippen LogP contribution in [0.4, 0.5) is 0 Å². The van der Waals surface area contributed by atoms with Crippen LogP contribution in [0.2, 0.25) is 0 Å². The molecular formula is C62H98O24. The maximum Gasteiger partial charge on any atom is 0.318 e. The fraction of sp³-hybridized carbons (Fsp3) is 0.952. The smallest absolute Gasteiger partial charge is 0.318 e. The van der Waals surface area contributed by atoms with E-state index in [9.17, 15) is 25.2 Å². The van der Waals surface area contributed by atoms with Crippen molar-refractivity contribution < 1.29 is 115 Å². The molecule has 86 heavy (non-hydrogen) atoms. The molecule has 11 fully saturated rings. The van der Waals surface area contributed by atoms with E-state index >= 15 is 0 Å². The number of carbonyl (C=O) groups excluding carboxylic acids is 1. The number of rotatable bonds is 18. The molecule has 0 aromatic heterocycles. The first-order valence-electron chi connectivity index (χ1n) is 31.9. The Morgan fingerprint density at radius 2 is 0.965 bits per heavy atom. The van der Waals surface area contributed by atoms with Gasteiger partial charge < -0.3 is 110 Å². The third-order valence-electron chi connectivity index (χ3n) is 22.7. The summed E-state index contributed by atoms with van der Waals surface area (Å²) in [5.74, 6) is 0.137. The van der Waals surface area contributed by atoms with Crippen LogP contribution in [-0.4, -0.2) is 240 Å². The van der Waals surface area contributed by atoms with Crippen LogP contribution in [0, 0.1) is 28.6 Å². The van der Waals surface area contributed by atoms with Gasteiger partial charge in [0.05, 0.1) is 79.4 Å². The van der Waals surface area contributed by atoms with Crippen molar-refractivity contribution >= 4 is 5.97 Å². The Bertz CT molecular complexity index is 2370. The van der Waals surface area contributed by atoms with Gasteiger partial charge in [0, 0.05) is 80.5 Å². The minimum atomic E-state index is -1.59. The second-order valence-electron chi connectivity index (χ2n) is 27.2. The lowest BCUT2D eigenvalue weighted by atomic mass is 9.46. The molecule has 3 saturated carbocycles. The highest BCUT2D eigenvalue weighted by Crippen LogP contribution is 2.78. The number of aliphatic hydroxyl groups excluding tert-OH is 4. The van der Waals surface area contributed by atoms with E-state index in [1.165, 1.54) is 12.7 Å². The summed E-state index contributed by atoms with van der Waals surface area (Å²) < 4.78 is 121. The van der Waals surface area contributed by atoms with Crippen molar-refractivity contribution in [2.45, 2.75) is 303 Å². The number of aliphatic hydroxyl groups is 4. The van der Waals surface area contributed by atoms with Crippen molar-refractivity contribution in [3.8, 4) is 0 Å². The summed E-state index contributed by atoms with van der Waals surface area (Å²) in [6.45, 7) is 13.4. The maximum absolute atomic E-state index is 13.6. The van der Waals surface area contributed by atoms with Gasteiger partial charge in [-0.25, -0.2) is 0 Å². The maximum atomic E-state index is 13.6. The van der Waals surface area contributed by atoms with Crippen LogP contribution in [-0.2, 0) is 94.8 Å². The van der Waals surface area contributed by atoms with Gasteiger partial charge in [-0.05, 0) is 103 Å². The molecule has 8 saturated heterocycles. The minimum absolute atomic E-state index is 0.0115. The zero-order valence-corrected chi connectivity index (χ0v) is 52.2. The van der Waals surface area contributed by atoms with Crippen LogP contribution >= 0.6 is 0 Å². The van der Waals surface area contributed by atoms with Gasteiger partial charge in [0.1, 0.15) is 60.4 Å². The van der Waals surface area contributed by atoms with E-state index in [4.69, 9.17) is 90.0 Å². The Hall–Kier alpha value is -1.67. The van der Waals surface area contributed by atoms with E-state index in [2.05, 4.69) is 13.0 Å². The Morgan fingerprint density at radius 1 is 0.523 bits per heavy atom. The van der Waals surface area contributed by atoms with Crippen LogP contribution in [0.15, 0.2) is 11.6 Å². The molecule has 33 atom stereocenters. The van der Waals surface area contributed by atoms with E-state index in [-0.39, 0.29) is 42.0 Å². The van der Waals surface area contributed by atoms with Gasteiger partial charge in [0.2, 0.25) is 5.79 Å². The molecule has 4 bridgehead atoms. The largest absolute Gasteiger partial charge is 0.432 e. The zero-order valence-electron chi connectivity index (χ0n) is 52.2. The number of hydrogen-bond donors (Lipinski definition) is 4. The molecule has 24 heteroatoms. The van der Waals surface area contributed by atoms with Crippen molar-refractivity contribution in [1.29, 1.82) is 0 Å². The highest BCUT2D eigenvalue weighted by atomic mass is 16.8. The number of esters is 1. The first-order chi connectivity index (χ1) is 41.1. The van der Waals surface area contributed by atoms with Crippen LogP contribution in [0.25, 0.3) is 0 Å². The SMILES string of the molecule is CO[C@H]1CC(O[C@H]2CC[C@@]3(C)C(=CC[C@@H]4[C@@H]3CC[C@@]35C(=O)OC6(C)O[C@]43CC[C@H]65)C2)O[C@@H](C)[C@@H]1OC1C[C@H](OC)[C@@H](OC2C[C@H](OC)[C@H](OC3C[C@H](OC)[C@H](OC4C[C@@H](OC)[C@@H](O[C@@H]5O[C@H](CO)[C@@H](O)[C@H](O)[C@H]5O)[C@@H](C)O4)[C@@H](C)O3)[C@@H](C)O2)[C@H](C)O1. The third-order valence-corrected chi connectivity index (χ3v) is 22.7. The lowest BCUT2D eigenvalue weighted by Crippen LogP contribution is -2.64. The van der Waals surface area contributed by atoms with E-state index in [0.29, 0.717) is 37.5 Å². The van der Waals surface area contributed by atoms with E-state index in [1.54, 1.807) is 35.4 Å². The first kappa shape index (κ1) is 64.4. The van der Waals surface area contributed by atoms with E-state index in [0.717, 1.165) is 51.4 Å². The average Bonchev–Trinajstić information content (AvgIpc) is 1.46. The molecule has 6 unspecified atom stereocenters. The molecule has 12 aliphatic rings. The summed E-state index contributed by atoms with van der Waals surface area (Å²) in [4.78, 5) is 13.6. The predicted octanol–water partition coefficient (Wildman–Crippen LogP) is 3.83. The van der Waals surface area contributed by atoms with Crippen molar-refractivity contribution in [3.63, 3.8) is 0 Å². The van der Waals surface area contributed by atoms with Gasteiger partial charge in [0.15, 0.2) is 37.7 Å². The topological polar surface area (TPSA) is 273 Å². The second-order valence-corrected chi connectivity index (χ2v) is 27.2. The molecule has 0 aromatic carbocycles. The number of fused-ring (bicyclic) bond motifs is 3. The Kier molecular flexibility index (Phi) is 19.0. The molecule has 4 N–H and O–H groups in total. The predicted molar refractivity (Wildman–Crippen MR) is 296 cm³/mol. The molecule has 0 amide bonds. The van der Waals surface area contributed by atoms with Crippen molar-refractivity contribution in [2.75, 3.05) is 42.2 Å². The van der Waals surface area contributed by atoms with Crippen LogP contribution in [0.1, 0.15) is 132 Å². The standard InChI is InChI=1S/C62H98O24/c1-28-52(37(68-8)22-44(73-28)78-34-15-18-59(6)33(21-34)13-14-36-35(59)16-19-61-43-17-20-62(36,61)86-60(43,7)85-58(61)67)80-45-23-38(69-9)53(29(2)74-45)81-46-24-39(70-10)54(30(3)75-46)82-47-25-40(71-11)55(31(4)76-47)83-48-26-41(72-12)56(32(5)77-48)84-57-51(66)50(65)49(64)42(27-63)79-57/h13,28-32,34-57,63-66H,14-27H2,1-12H3/t28-,29-,30+,31+,32+,34-,35-,36+,37-,38-,39-,40-,41+,42+,43+,44?,45?,46?,47?,48?,49+,50-,51+,52-,53-,54+,55+,56-,57-,59-,60?,61+,62+/m0/s1. The van der Waals surface area contributed by atoms with Gasteiger partial charge in [-0.1, -0.05) is 18.6 Å². The normalized spacial score (nSPS) is 54.4. The third kappa shape index (κ3) is 11.1. The Labute approximate surface area is 505 Å². The molecule has 0 aromatic rings. The lowest BCUT2D eigenvalue weighted by molar-refractivity contribution is -0.360. The molecule has 24 nitrogen and oxygen atoms in total. The molecule has 12 rings (SSSR count). The second kappa shape index (κ2) is 25.3. The summed E-state index contributed by atoms with van der Waals surface area (Å²) in [6, 6.07) is 0. The van der Waals surface area contributed by atoms with Crippen molar-refractivity contribution in [3.05, 3.63) is 11.6 Å². The van der Waals surface area contributed by atoms with Crippen LogP contribution in [0.3, 0.4) is 0 Å². The monoisotopic (exact) mass is 1230 g/mol. The number of ether oxygens (including phenoxy) is 19. The van der Waals surface area contributed by atoms with E-state index < -0.39 is 165 Å². The molecule has 0 radical (unpaired) electrons. The molecule has 8 heterocycles. The summed E-state index contributed by atoms with van der Waals surface area (Å²) >= 11 is 0. The fourth-order valence-corrected chi connectivity index (χ4v) is 18.3. The van der Waals surface area contributed by atoms with Gasteiger partial charge in [-0.15, -0.1) is 0 Å². The van der Waals surface area contributed by atoms with Crippen molar-refractivity contribution in [1.82, 2.24) is 0 Å². The summed E-state index contributed by atoms with van der Waals surface area (Å²) in [7, 11) is 8.14. The molecule has 1 spiro atoms. The molecule has 490 valence electrons. The Balaban J connectivity index is 0.598. The minimum Gasteiger partial charge on any atom is -0.432 e. The highest BCUT2D eigenvalue weighted by Gasteiger charge is 2.86. The number of methoxy groups -OCH3 is 5. The number of allylic oxidation sites excluding steroid dienone is 1. The quantitative estimate of drug-likeness (QED) is 0.112. The van der Waals surface area contributed by atoms with Gasteiger partial charge in [-0.3, -0.25) is 4.79 Å². The van der Waals surface area contributed by atoms with Gasteiger partial charge in [0.25, 0.3) is 0 Å². The fourth-order valence-electron chi connectivity index (χ4n) is 18.3. The lowest BCUT2D eigenvalue weighted by Gasteiger charge is -2.61. The Morgan fingerprint density at radius 3 is 1.41 bits per heavy atom.